The molecule has 0 spiro atoms. The number of rotatable bonds is 6. The van der Waals surface area contributed by atoms with Gasteiger partial charge < -0.3 is 5.73 Å². The van der Waals surface area contributed by atoms with Crippen LogP contribution in [0.4, 0.5) is 0 Å². The summed E-state index contributed by atoms with van der Waals surface area (Å²) < 4.78 is 27.0. The van der Waals surface area contributed by atoms with Gasteiger partial charge in [0.1, 0.15) is 0 Å². The lowest BCUT2D eigenvalue weighted by atomic mass is 9.76. The molecule has 18 heavy (non-hydrogen) atoms. The molecule has 1 rings (SSSR count). The first-order chi connectivity index (χ1) is 8.32. The molecule has 0 bridgehead atoms. The topological polar surface area (TPSA) is 72.2 Å². The summed E-state index contributed by atoms with van der Waals surface area (Å²) in [7, 11) is -3.21. The fraction of sp³-hybridized carbons (Fsp3) is 1.00. The molecule has 1 saturated carbocycles. The van der Waals surface area contributed by atoms with Gasteiger partial charge in [-0.2, -0.15) is 0 Å². The van der Waals surface area contributed by atoms with Crippen LogP contribution in [0.3, 0.4) is 0 Å². The summed E-state index contributed by atoms with van der Waals surface area (Å²) in [6.45, 7) is 6.44. The zero-order valence-electron chi connectivity index (χ0n) is 11.9. The highest BCUT2D eigenvalue weighted by molar-refractivity contribution is 7.89. The van der Waals surface area contributed by atoms with Crippen LogP contribution in [0.2, 0.25) is 0 Å². The summed E-state index contributed by atoms with van der Waals surface area (Å²) >= 11 is 0. The minimum atomic E-state index is -3.21. The minimum absolute atomic E-state index is 0.143. The summed E-state index contributed by atoms with van der Waals surface area (Å²) in [4.78, 5) is 0. The Hall–Kier alpha value is -0.130. The van der Waals surface area contributed by atoms with Gasteiger partial charge in [0.15, 0.2) is 0 Å². The summed E-state index contributed by atoms with van der Waals surface area (Å²) in [6, 6.07) is 0. The van der Waals surface area contributed by atoms with Crippen LogP contribution in [0.15, 0.2) is 0 Å². The Kier molecular flexibility index (Phi) is 5.62. The maximum absolute atomic E-state index is 12.1. The quantitative estimate of drug-likeness (QED) is 0.778. The Bertz CT molecular complexity index is 344. The van der Waals surface area contributed by atoms with Gasteiger partial charge in [-0.25, -0.2) is 13.1 Å². The molecule has 1 aliphatic carbocycles. The molecule has 5 heteroatoms. The van der Waals surface area contributed by atoms with Gasteiger partial charge in [-0.1, -0.05) is 27.2 Å². The molecule has 3 N–H and O–H groups in total. The number of sulfonamides is 1. The summed E-state index contributed by atoms with van der Waals surface area (Å²) in [5.74, 6) is 1.06. The van der Waals surface area contributed by atoms with Crippen LogP contribution in [0.5, 0.6) is 0 Å². The van der Waals surface area contributed by atoms with Gasteiger partial charge in [-0.3, -0.25) is 0 Å². The van der Waals surface area contributed by atoms with Gasteiger partial charge in [0.25, 0.3) is 0 Å². The normalized spacial score (nSPS) is 29.7. The van der Waals surface area contributed by atoms with E-state index in [2.05, 4.69) is 11.6 Å². The van der Waals surface area contributed by atoms with E-state index in [9.17, 15) is 8.42 Å². The van der Waals surface area contributed by atoms with Crippen LogP contribution in [0.1, 0.15) is 52.9 Å². The second-order valence-electron chi connectivity index (χ2n) is 6.11. The summed E-state index contributed by atoms with van der Waals surface area (Å²) in [5.41, 5.74) is 5.45. The fourth-order valence-electron chi connectivity index (χ4n) is 2.80. The van der Waals surface area contributed by atoms with Crippen molar-refractivity contribution in [2.45, 2.75) is 58.4 Å². The predicted molar refractivity (Wildman–Crippen MR) is 75.8 cm³/mol. The molecule has 108 valence electrons. The molecule has 0 atom stereocenters. The van der Waals surface area contributed by atoms with Gasteiger partial charge in [0, 0.05) is 12.1 Å². The van der Waals surface area contributed by atoms with Crippen molar-refractivity contribution in [2.24, 2.45) is 17.6 Å². The number of hydrogen-bond acceptors (Lipinski definition) is 3. The molecule has 0 aromatic carbocycles. The average molecular weight is 276 g/mol. The number of hydrogen-bond donors (Lipinski definition) is 2. The van der Waals surface area contributed by atoms with Crippen LogP contribution >= 0.6 is 0 Å². The molecule has 0 saturated heterocycles. The third-order valence-electron chi connectivity index (χ3n) is 3.96. The molecule has 0 heterocycles. The second-order valence-corrected chi connectivity index (χ2v) is 7.88. The first-order valence-corrected chi connectivity index (χ1v) is 8.69. The van der Waals surface area contributed by atoms with Crippen molar-refractivity contribution >= 4 is 10.0 Å². The Morgan fingerprint density at radius 1 is 1.33 bits per heavy atom. The van der Waals surface area contributed by atoms with Crippen LogP contribution < -0.4 is 10.5 Å². The first kappa shape index (κ1) is 15.9. The van der Waals surface area contributed by atoms with Crippen molar-refractivity contribution in [2.75, 3.05) is 12.3 Å². The lowest BCUT2D eigenvalue weighted by Crippen LogP contribution is -2.56. The predicted octanol–water partition coefficient (Wildman–Crippen LogP) is 1.86. The molecule has 0 radical (unpaired) electrons. The van der Waals surface area contributed by atoms with E-state index < -0.39 is 10.0 Å². The van der Waals surface area contributed by atoms with Gasteiger partial charge in [0.05, 0.1) is 5.75 Å². The molecule has 0 unspecified atom stereocenters. The summed E-state index contributed by atoms with van der Waals surface area (Å²) in [5, 5.41) is 0. The molecular weight excluding hydrogens is 248 g/mol. The van der Waals surface area contributed by atoms with Crippen LogP contribution in [-0.2, 0) is 10.0 Å². The zero-order valence-corrected chi connectivity index (χ0v) is 12.7. The largest absolute Gasteiger partial charge is 0.329 e. The third-order valence-corrected chi connectivity index (χ3v) is 5.80. The zero-order chi connectivity index (χ0) is 13.8. The smallest absolute Gasteiger partial charge is 0.212 e. The van der Waals surface area contributed by atoms with E-state index in [4.69, 9.17) is 5.73 Å². The van der Waals surface area contributed by atoms with Gasteiger partial charge >= 0.3 is 0 Å². The molecule has 0 aromatic heterocycles. The highest BCUT2D eigenvalue weighted by Crippen LogP contribution is 2.33. The van der Waals surface area contributed by atoms with E-state index in [0.29, 0.717) is 6.54 Å². The standard InChI is InChI=1S/C13H28N2O2S/c1-4-12-5-7-13(10-14,8-6-12)15-18(16,17)9-11(2)3/h11-12,15H,4-10,14H2,1-3H3. The molecule has 0 aliphatic heterocycles. The Labute approximate surface area is 112 Å². The highest BCUT2D eigenvalue weighted by Gasteiger charge is 2.37. The Morgan fingerprint density at radius 3 is 2.28 bits per heavy atom. The lowest BCUT2D eigenvalue weighted by Gasteiger charge is -2.39. The van der Waals surface area contributed by atoms with E-state index in [1.54, 1.807) is 0 Å². The molecule has 1 fully saturated rings. The van der Waals surface area contributed by atoms with Gasteiger partial charge in [0.2, 0.25) is 10.0 Å². The van der Waals surface area contributed by atoms with Crippen molar-refractivity contribution in [3.63, 3.8) is 0 Å². The van der Waals surface area contributed by atoms with E-state index in [0.717, 1.165) is 31.6 Å². The average Bonchev–Trinajstić information content (AvgIpc) is 2.27. The van der Waals surface area contributed by atoms with Gasteiger partial charge in [-0.15, -0.1) is 0 Å². The van der Waals surface area contributed by atoms with E-state index in [1.807, 2.05) is 13.8 Å². The monoisotopic (exact) mass is 276 g/mol. The lowest BCUT2D eigenvalue weighted by molar-refractivity contribution is 0.217. The molecule has 1 aliphatic rings. The second kappa shape index (κ2) is 6.35. The first-order valence-electron chi connectivity index (χ1n) is 7.04. The molecule has 0 aromatic rings. The third kappa shape index (κ3) is 4.52. The number of nitrogens with two attached hydrogens (primary N) is 1. The van der Waals surface area contributed by atoms with Crippen LogP contribution in [-0.4, -0.2) is 26.3 Å². The van der Waals surface area contributed by atoms with Crippen LogP contribution in [0, 0.1) is 11.8 Å². The van der Waals surface area contributed by atoms with E-state index in [1.165, 1.54) is 6.42 Å². The molecule has 0 amide bonds. The summed E-state index contributed by atoms with van der Waals surface area (Å²) in [6.07, 6.45) is 5.09. The van der Waals surface area contributed by atoms with Crippen LogP contribution in [0.25, 0.3) is 0 Å². The molecular formula is C13H28N2O2S. The maximum Gasteiger partial charge on any atom is 0.212 e. The Morgan fingerprint density at radius 2 is 1.89 bits per heavy atom. The van der Waals surface area contributed by atoms with Crippen molar-refractivity contribution in [3.05, 3.63) is 0 Å². The number of nitrogens with one attached hydrogen (secondary N) is 1. The molecule has 4 nitrogen and oxygen atoms in total. The van der Waals surface area contributed by atoms with Crippen molar-refractivity contribution in [1.29, 1.82) is 0 Å². The van der Waals surface area contributed by atoms with Crippen molar-refractivity contribution < 1.29 is 8.42 Å². The van der Waals surface area contributed by atoms with Crippen molar-refractivity contribution in [1.82, 2.24) is 4.72 Å². The maximum atomic E-state index is 12.1. The van der Waals surface area contributed by atoms with Gasteiger partial charge in [-0.05, 0) is 37.5 Å². The van der Waals surface area contributed by atoms with E-state index >= 15 is 0 Å². The van der Waals surface area contributed by atoms with E-state index in [-0.39, 0.29) is 17.2 Å². The highest BCUT2D eigenvalue weighted by atomic mass is 32.2. The SMILES string of the molecule is CCC1CCC(CN)(NS(=O)(=O)CC(C)C)CC1. The fourth-order valence-corrected chi connectivity index (χ4v) is 4.70. The Balaban J connectivity index is 2.67. The van der Waals surface area contributed by atoms with Crippen molar-refractivity contribution in [3.8, 4) is 0 Å². The minimum Gasteiger partial charge on any atom is -0.329 e.